The van der Waals surface area contributed by atoms with Crippen molar-refractivity contribution in [3.8, 4) is 22.9 Å². The van der Waals surface area contributed by atoms with Crippen LogP contribution in [0.2, 0.25) is 0 Å². The Morgan fingerprint density at radius 3 is 2.67 bits per heavy atom. The fourth-order valence-corrected chi connectivity index (χ4v) is 5.71. The van der Waals surface area contributed by atoms with E-state index in [0.29, 0.717) is 12.6 Å². The molecule has 2 aliphatic rings. The zero-order chi connectivity index (χ0) is 26.9. The minimum Gasteiger partial charge on any atom is -0.508 e. The quantitative estimate of drug-likeness (QED) is 0.291. The Morgan fingerprint density at radius 2 is 1.92 bits per heavy atom. The smallest absolute Gasteiger partial charge is 0.150 e. The number of allylic oxidation sites excluding steroid dienone is 1. The standard InChI is InChI=1S/C33H35N3O3/c1-22-14-17-35(20-22)23(2)21-38-29-11-8-25(9-12-29)33-32(24(3)30-19-28(37)10-13-31(30)39-33)26-6-4-7-27(18-26)36-16-5-15-34-36/h4-13,15-16,18-19,22-23,33,37H,14,17,20-21H2,1-3H3/t22-,23+,33?/m1/s1. The third kappa shape index (κ3) is 5.17. The van der Waals surface area contributed by atoms with Gasteiger partial charge in [-0.3, -0.25) is 4.90 Å². The summed E-state index contributed by atoms with van der Waals surface area (Å²) in [6, 6.07) is 24.2. The predicted molar refractivity (Wildman–Crippen MR) is 154 cm³/mol. The maximum absolute atomic E-state index is 10.2. The van der Waals surface area contributed by atoms with E-state index in [1.54, 1.807) is 18.3 Å². The zero-order valence-corrected chi connectivity index (χ0v) is 22.7. The Kier molecular flexibility index (Phi) is 6.88. The first-order valence-electron chi connectivity index (χ1n) is 13.7. The molecule has 6 heteroatoms. The molecule has 1 unspecified atom stereocenters. The minimum absolute atomic E-state index is 0.221. The minimum atomic E-state index is -0.311. The highest BCUT2D eigenvalue weighted by Crippen LogP contribution is 2.47. The second-order valence-electron chi connectivity index (χ2n) is 10.8. The van der Waals surface area contributed by atoms with Crippen LogP contribution in [0.1, 0.15) is 50.0 Å². The molecule has 4 aromatic rings. The summed E-state index contributed by atoms with van der Waals surface area (Å²) in [4.78, 5) is 2.52. The number of ether oxygens (including phenoxy) is 2. The summed E-state index contributed by atoms with van der Waals surface area (Å²) >= 11 is 0. The number of rotatable bonds is 7. The van der Waals surface area contributed by atoms with Gasteiger partial charge in [0.2, 0.25) is 0 Å². The van der Waals surface area contributed by atoms with E-state index in [-0.39, 0.29) is 11.9 Å². The van der Waals surface area contributed by atoms with Crippen LogP contribution in [0.5, 0.6) is 17.2 Å². The van der Waals surface area contributed by atoms with E-state index in [4.69, 9.17) is 9.47 Å². The second kappa shape index (κ2) is 10.6. The summed E-state index contributed by atoms with van der Waals surface area (Å²) in [5, 5.41) is 14.6. The Hall–Kier alpha value is -4.03. The molecule has 1 fully saturated rings. The fraction of sp³-hybridized carbons (Fsp3) is 0.303. The van der Waals surface area contributed by atoms with Crippen molar-refractivity contribution in [2.45, 2.75) is 39.3 Å². The number of likely N-dealkylation sites (tertiary alicyclic amines) is 1. The molecule has 0 radical (unpaired) electrons. The molecule has 0 bridgehead atoms. The van der Waals surface area contributed by atoms with Gasteiger partial charge in [-0.05, 0) is 98.0 Å². The van der Waals surface area contributed by atoms with Gasteiger partial charge in [0.15, 0.2) is 0 Å². The Morgan fingerprint density at radius 1 is 1.08 bits per heavy atom. The molecule has 1 saturated heterocycles. The fourth-order valence-electron chi connectivity index (χ4n) is 5.71. The van der Waals surface area contributed by atoms with Gasteiger partial charge in [0.1, 0.15) is 30.0 Å². The van der Waals surface area contributed by atoms with E-state index < -0.39 is 0 Å². The molecule has 3 atom stereocenters. The zero-order valence-electron chi connectivity index (χ0n) is 22.7. The monoisotopic (exact) mass is 521 g/mol. The number of hydrogen-bond donors (Lipinski definition) is 1. The van der Waals surface area contributed by atoms with Crippen molar-refractivity contribution in [1.82, 2.24) is 14.7 Å². The molecule has 0 aliphatic carbocycles. The van der Waals surface area contributed by atoms with Crippen LogP contribution in [0.4, 0.5) is 0 Å². The lowest BCUT2D eigenvalue weighted by atomic mass is 9.86. The van der Waals surface area contributed by atoms with Gasteiger partial charge in [-0.15, -0.1) is 0 Å². The molecule has 6 rings (SSSR count). The summed E-state index contributed by atoms with van der Waals surface area (Å²) in [6.45, 7) is 9.64. The van der Waals surface area contributed by atoms with Crippen molar-refractivity contribution in [2.24, 2.45) is 5.92 Å². The molecule has 200 valence electrons. The Balaban J connectivity index is 1.30. The highest BCUT2D eigenvalue weighted by molar-refractivity contribution is 5.96. The van der Waals surface area contributed by atoms with Crippen LogP contribution >= 0.6 is 0 Å². The van der Waals surface area contributed by atoms with Gasteiger partial charge in [-0.2, -0.15) is 5.10 Å². The first-order valence-corrected chi connectivity index (χ1v) is 13.7. The van der Waals surface area contributed by atoms with E-state index in [2.05, 4.69) is 55.0 Å². The summed E-state index contributed by atoms with van der Waals surface area (Å²) in [5.41, 5.74) is 6.10. The van der Waals surface area contributed by atoms with Gasteiger partial charge >= 0.3 is 0 Å². The van der Waals surface area contributed by atoms with Crippen molar-refractivity contribution < 1.29 is 14.6 Å². The Bertz CT molecular complexity index is 1480. The van der Waals surface area contributed by atoms with Gasteiger partial charge < -0.3 is 14.6 Å². The van der Waals surface area contributed by atoms with Crippen LogP contribution in [0.25, 0.3) is 16.8 Å². The van der Waals surface area contributed by atoms with Gasteiger partial charge in [-0.1, -0.05) is 31.2 Å². The maximum atomic E-state index is 10.2. The lowest BCUT2D eigenvalue weighted by molar-refractivity contribution is 0.169. The molecule has 6 nitrogen and oxygen atoms in total. The first-order chi connectivity index (χ1) is 19.0. The number of hydrogen-bond acceptors (Lipinski definition) is 5. The number of phenolic OH excluding ortho intramolecular Hbond substituents is 1. The van der Waals surface area contributed by atoms with Gasteiger partial charge in [0.25, 0.3) is 0 Å². The first kappa shape index (κ1) is 25.3. The predicted octanol–water partition coefficient (Wildman–Crippen LogP) is 6.75. The van der Waals surface area contributed by atoms with Crippen molar-refractivity contribution >= 4 is 11.1 Å². The van der Waals surface area contributed by atoms with Crippen molar-refractivity contribution in [2.75, 3.05) is 19.7 Å². The van der Waals surface area contributed by atoms with Crippen LogP contribution in [-0.4, -0.2) is 45.5 Å². The normalized spacial score (nSPS) is 20.0. The molecular weight excluding hydrogens is 486 g/mol. The van der Waals surface area contributed by atoms with Crippen LogP contribution in [0.15, 0.2) is 85.2 Å². The molecule has 0 amide bonds. The highest BCUT2D eigenvalue weighted by Gasteiger charge is 2.30. The molecule has 2 aliphatic heterocycles. The van der Waals surface area contributed by atoms with Crippen LogP contribution in [0.3, 0.4) is 0 Å². The van der Waals surface area contributed by atoms with E-state index in [0.717, 1.165) is 64.0 Å². The lowest BCUT2D eigenvalue weighted by Crippen LogP contribution is -2.35. The third-order valence-electron chi connectivity index (χ3n) is 7.96. The third-order valence-corrected chi connectivity index (χ3v) is 7.96. The molecule has 1 N–H and O–H groups in total. The average molecular weight is 522 g/mol. The summed E-state index contributed by atoms with van der Waals surface area (Å²) < 4.78 is 14.7. The van der Waals surface area contributed by atoms with Crippen molar-refractivity contribution in [3.05, 3.63) is 102 Å². The number of phenols is 1. The van der Waals surface area contributed by atoms with Crippen LogP contribution in [-0.2, 0) is 0 Å². The molecular formula is C33H35N3O3. The van der Waals surface area contributed by atoms with E-state index in [9.17, 15) is 5.11 Å². The SMILES string of the molecule is CC1=C(c2cccc(-n3cccn3)c2)C(c2ccc(OC[C@H](C)N3CC[C@@H](C)C3)cc2)Oc2ccc(O)cc21. The van der Waals surface area contributed by atoms with Gasteiger partial charge in [-0.25, -0.2) is 4.68 Å². The Labute approximate surface area is 230 Å². The number of aromatic hydroxyl groups is 1. The lowest BCUT2D eigenvalue weighted by Gasteiger charge is -2.31. The van der Waals surface area contributed by atoms with Gasteiger partial charge in [0, 0.05) is 36.1 Å². The topological polar surface area (TPSA) is 59.8 Å². The maximum Gasteiger partial charge on any atom is 0.150 e. The summed E-state index contributed by atoms with van der Waals surface area (Å²) in [5.74, 6) is 2.61. The van der Waals surface area contributed by atoms with Crippen molar-refractivity contribution in [3.63, 3.8) is 0 Å². The molecule has 1 aromatic heterocycles. The van der Waals surface area contributed by atoms with Crippen molar-refractivity contribution in [1.29, 1.82) is 0 Å². The number of nitrogens with zero attached hydrogens (tertiary/aromatic N) is 3. The molecule has 39 heavy (non-hydrogen) atoms. The van der Waals surface area contributed by atoms with Gasteiger partial charge in [0.05, 0.1) is 5.69 Å². The number of benzene rings is 3. The van der Waals surface area contributed by atoms with E-state index in [1.807, 2.05) is 47.3 Å². The molecule has 3 aromatic carbocycles. The molecule has 0 saturated carbocycles. The summed E-state index contributed by atoms with van der Waals surface area (Å²) in [6.07, 6.45) is 4.67. The van der Waals surface area contributed by atoms with Crippen LogP contribution in [0, 0.1) is 5.92 Å². The second-order valence-corrected chi connectivity index (χ2v) is 10.8. The van der Waals surface area contributed by atoms with E-state index >= 15 is 0 Å². The molecule has 3 heterocycles. The van der Waals surface area contributed by atoms with Crippen LogP contribution < -0.4 is 9.47 Å². The van der Waals surface area contributed by atoms with E-state index in [1.165, 1.54) is 6.42 Å². The average Bonchev–Trinajstić information content (AvgIpc) is 3.65. The largest absolute Gasteiger partial charge is 0.508 e. The highest BCUT2D eigenvalue weighted by atomic mass is 16.5. The number of fused-ring (bicyclic) bond motifs is 1. The number of aromatic nitrogens is 2. The summed E-state index contributed by atoms with van der Waals surface area (Å²) in [7, 11) is 0. The molecule has 0 spiro atoms.